The van der Waals surface area contributed by atoms with E-state index in [1.165, 1.54) is 0 Å². The van der Waals surface area contributed by atoms with Crippen LogP contribution in [0.25, 0.3) is 0 Å². The monoisotopic (exact) mass is 213 g/mol. The van der Waals surface area contributed by atoms with E-state index in [1.807, 2.05) is 0 Å². The number of rotatable bonds is 3. The number of hydrogen-bond acceptors (Lipinski definition) is 2. The highest BCUT2D eigenvalue weighted by Crippen LogP contribution is 2.47. The van der Waals surface area contributed by atoms with Crippen molar-refractivity contribution in [3.63, 3.8) is 0 Å². The topological polar surface area (TPSA) is 26.3 Å². The predicted octanol–water partition coefficient (Wildman–Crippen LogP) is 3.56. The Kier molecular flexibility index (Phi) is 4.00. The average molecular weight is 213 g/mol. The summed E-state index contributed by atoms with van der Waals surface area (Å²) in [5, 5.41) is 0. The van der Waals surface area contributed by atoms with Gasteiger partial charge in [-0.25, -0.2) is 4.79 Å². The first-order valence-corrected chi connectivity index (χ1v) is 5.47. The summed E-state index contributed by atoms with van der Waals surface area (Å²) >= 11 is 0. The van der Waals surface area contributed by atoms with Crippen LogP contribution in [-0.2, 0) is 9.53 Å². The van der Waals surface area contributed by atoms with Gasteiger partial charge in [0, 0.05) is 5.41 Å². The first-order valence-electron chi connectivity index (χ1n) is 5.47. The molecule has 0 spiro atoms. The van der Waals surface area contributed by atoms with Crippen LogP contribution in [0.5, 0.6) is 0 Å². The maximum absolute atomic E-state index is 10.5. The summed E-state index contributed by atoms with van der Waals surface area (Å²) in [6.07, 6.45) is -0.137. The van der Waals surface area contributed by atoms with Crippen molar-refractivity contribution in [3.05, 3.63) is 0 Å². The Hall–Kier alpha value is -0.530. The molecule has 0 aliphatic carbocycles. The minimum absolute atomic E-state index is 0.0712. The molecule has 0 fully saturated rings. The van der Waals surface area contributed by atoms with Crippen molar-refractivity contribution in [1.82, 2.24) is 0 Å². The van der Waals surface area contributed by atoms with Gasteiger partial charge in [0.25, 0.3) is 0 Å². The molecule has 89 valence electrons. The molecule has 0 aromatic rings. The summed E-state index contributed by atoms with van der Waals surface area (Å²) in [4.78, 5) is 10.5. The van der Waals surface area contributed by atoms with E-state index < -0.39 is 0 Å². The molecule has 0 aliphatic heterocycles. The molecule has 1 radical (unpaired) electrons. The molecule has 0 heterocycles. The third kappa shape index (κ3) is 3.22. The summed E-state index contributed by atoms with van der Waals surface area (Å²) in [6, 6.07) is 0. The summed E-state index contributed by atoms with van der Waals surface area (Å²) in [6.45, 7) is 18.6. The van der Waals surface area contributed by atoms with Crippen LogP contribution in [-0.4, -0.2) is 12.6 Å². The lowest BCUT2D eigenvalue weighted by Crippen LogP contribution is -2.49. The molecule has 0 amide bonds. The molecule has 0 rings (SSSR count). The van der Waals surface area contributed by atoms with E-state index >= 15 is 0 Å². The molecule has 0 bridgehead atoms. The Balaban J connectivity index is 5.17. The zero-order valence-electron chi connectivity index (χ0n) is 11.4. The van der Waals surface area contributed by atoms with Gasteiger partial charge in [-0.2, -0.15) is 0 Å². The van der Waals surface area contributed by atoms with Gasteiger partial charge in [0.1, 0.15) is 6.10 Å². The Morgan fingerprint density at radius 2 is 1.33 bits per heavy atom. The summed E-state index contributed by atoms with van der Waals surface area (Å²) in [5.41, 5.74) is -0.0986. The van der Waals surface area contributed by atoms with E-state index in [1.54, 1.807) is 6.47 Å². The van der Waals surface area contributed by atoms with E-state index in [4.69, 9.17) is 4.74 Å². The molecule has 0 aliphatic rings. The van der Waals surface area contributed by atoms with Gasteiger partial charge in [0.15, 0.2) is 0 Å². The molecule has 0 N–H and O–H groups in total. The molecule has 0 aromatic heterocycles. The SMILES string of the molecule is CC(C)(C)C(O[C]=O)C(C)(C)C(C)(C)C. The fourth-order valence-electron chi connectivity index (χ4n) is 1.85. The highest BCUT2D eigenvalue weighted by molar-refractivity contribution is 5.39. The van der Waals surface area contributed by atoms with Crippen LogP contribution in [0.2, 0.25) is 0 Å². The smallest absolute Gasteiger partial charge is 0.417 e. The fourth-order valence-corrected chi connectivity index (χ4v) is 1.85. The van der Waals surface area contributed by atoms with Crippen LogP contribution >= 0.6 is 0 Å². The van der Waals surface area contributed by atoms with Gasteiger partial charge in [0.05, 0.1) is 0 Å². The minimum Gasteiger partial charge on any atom is -0.453 e. The lowest BCUT2D eigenvalue weighted by Gasteiger charge is -2.48. The van der Waals surface area contributed by atoms with Crippen molar-refractivity contribution in [2.75, 3.05) is 0 Å². The molecular formula is C13H25O2. The zero-order chi connectivity index (χ0) is 12.5. The van der Waals surface area contributed by atoms with E-state index in [0.717, 1.165) is 0 Å². The van der Waals surface area contributed by atoms with Crippen molar-refractivity contribution in [3.8, 4) is 0 Å². The van der Waals surface area contributed by atoms with Gasteiger partial charge in [-0.3, -0.25) is 0 Å². The molecule has 2 nitrogen and oxygen atoms in total. The summed E-state index contributed by atoms with van der Waals surface area (Å²) in [7, 11) is 0. The lowest BCUT2D eigenvalue weighted by molar-refractivity contribution is -0.0776. The van der Waals surface area contributed by atoms with Gasteiger partial charge in [-0.1, -0.05) is 55.4 Å². The quantitative estimate of drug-likeness (QED) is 0.716. The zero-order valence-corrected chi connectivity index (χ0v) is 11.4. The standard InChI is InChI=1S/C13H25O2/c1-11(2,3)10(15-9-14)13(7,8)12(4,5)6/h10H,1-8H3. The van der Waals surface area contributed by atoms with E-state index in [0.29, 0.717) is 0 Å². The Bertz CT molecular complexity index is 216. The molecule has 15 heavy (non-hydrogen) atoms. The third-order valence-corrected chi connectivity index (χ3v) is 3.54. The van der Waals surface area contributed by atoms with Crippen LogP contribution < -0.4 is 0 Å². The number of hydrogen-bond donors (Lipinski definition) is 0. The number of ether oxygens (including phenoxy) is 1. The van der Waals surface area contributed by atoms with Crippen LogP contribution in [0, 0.1) is 16.2 Å². The Morgan fingerprint density at radius 3 is 1.53 bits per heavy atom. The van der Waals surface area contributed by atoms with Crippen molar-refractivity contribution in [1.29, 1.82) is 0 Å². The molecule has 1 unspecified atom stereocenters. The molecule has 0 saturated carbocycles. The van der Waals surface area contributed by atoms with Gasteiger partial charge in [-0.05, 0) is 10.8 Å². The second-order valence-electron chi connectivity index (χ2n) is 6.92. The normalized spacial score (nSPS) is 16.0. The maximum Gasteiger partial charge on any atom is 0.417 e. The molecule has 0 saturated heterocycles. The van der Waals surface area contributed by atoms with Gasteiger partial charge < -0.3 is 4.74 Å². The summed E-state index contributed by atoms with van der Waals surface area (Å²) in [5.74, 6) is 0. The minimum atomic E-state index is -0.137. The molecular weight excluding hydrogens is 188 g/mol. The lowest BCUT2D eigenvalue weighted by atomic mass is 9.60. The molecule has 1 atom stereocenters. The Morgan fingerprint density at radius 1 is 0.933 bits per heavy atom. The Labute approximate surface area is 94.4 Å². The average Bonchev–Trinajstić information content (AvgIpc) is 1.95. The largest absolute Gasteiger partial charge is 0.453 e. The van der Waals surface area contributed by atoms with Crippen molar-refractivity contribution in [2.45, 2.75) is 61.5 Å². The van der Waals surface area contributed by atoms with E-state index in [9.17, 15) is 4.79 Å². The van der Waals surface area contributed by atoms with E-state index in [2.05, 4.69) is 55.4 Å². The first-order chi connectivity index (χ1) is 6.44. The second-order valence-corrected chi connectivity index (χ2v) is 6.92. The van der Waals surface area contributed by atoms with E-state index in [-0.39, 0.29) is 22.3 Å². The van der Waals surface area contributed by atoms with Crippen molar-refractivity contribution < 1.29 is 9.53 Å². The second kappa shape index (κ2) is 4.15. The molecule has 0 aromatic carbocycles. The van der Waals surface area contributed by atoms with Gasteiger partial charge in [0.2, 0.25) is 0 Å². The first kappa shape index (κ1) is 14.5. The van der Waals surface area contributed by atoms with Crippen LogP contribution in [0.1, 0.15) is 55.4 Å². The van der Waals surface area contributed by atoms with Crippen LogP contribution in [0.4, 0.5) is 0 Å². The third-order valence-electron chi connectivity index (χ3n) is 3.54. The van der Waals surface area contributed by atoms with Crippen molar-refractivity contribution >= 4 is 6.47 Å². The molecule has 2 heteroatoms. The fraction of sp³-hybridized carbons (Fsp3) is 0.923. The van der Waals surface area contributed by atoms with Crippen molar-refractivity contribution in [2.24, 2.45) is 16.2 Å². The summed E-state index contributed by atoms with van der Waals surface area (Å²) < 4.78 is 5.19. The van der Waals surface area contributed by atoms with Gasteiger partial charge in [-0.15, -0.1) is 0 Å². The predicted molar refractivity (Wildman–Crippen MR) is 63.3 cm³/mol. The van der Waals surface area contributed by atoms with Crippen LogP contribution in [0.3, 0.4) is 0 Å². The maximum atomic E-state index is 10.5. The highest BCUT2D eigenvalue weighted by Gasteiger charge is 2.47. The number of carbonyl (C=O) groups excluding carboxylic acids is 1. The van der Waals surface area contributed by atoms with Crippen LogP contribution in [0.15, 0.2) is 0 Å². The van der Waals surface area contributed by atoms with Gasteiger partial charge >= 0.3 is 6.47 Å². The highest BCUT2D eigenvalue weighted by atomic mass is 16.5.